The van der Waals surface area contributed by atoms with Crippen LogP contribution in [0.5, 0.6) is 0 Å². The van der Waals surface area contributed by atoms with Crippen LogP contribution >= 0.6 is 0 Å². The van der Waals surface area contributed by atoms with Crippen LogP contribution in [0.25, 0.3) is 0 Å². The lowest BCUT2D eigenvalue weighted by molar-refractivity contribution is -0.302. The van der Waals surface area contributed by atoms with Gasteiger partial charge in [-0.25, -0.2) is 0 Å². The van der Waals surface area contributed by atoms with Gasteiger partial charge in [-0.15, -0.1) is 0 Å². The summed E-state index contributed by atoms with van der Waals surface area (Å²) >= 11 is 0. The Morgan fingerprint density at radius 3 is 1.16 bits per heavy atom. The van der Waals surface area contributed by atoms with Gasteiger partial charge in [0.2, 0.25) is 5.91 Å². The van der Waals surface area contributed by atoms with Gasteiger partial charge >= 0.3 is 5.97 Å². The second-order valence-electron chi connectivity index (χ2n) is 26.7. The van der Waals surface area contributed by atoms with E-state index in [1.54, 1.807) is 6.08 Å². The van der Waals surface area contributed by atoms with Gasteiger partial charge in [-0.05, 0) is 89.9 Å². The van der Waals surface area contributed by atoms with Crippen molar-refractivity contribution in [1.29, 1.82) is 0 Å². The topological polar surface area (TPSA) is 175 Å². The molecule has 0 bridgehead atoms. The summed E-state index contributed by atoms with van der Waals surface area (Å²) in [5, 5.41) is 54.4. The van der Waals surface area contributed by atoms with Gasteiger partial charge in [0.05, 0.1) is 32.0 Å². The van der Waals surface area contributed by atoms with Crippen molar-refractivity contribution in [1.82, 2.24) is 5.32 Å². The van der Waals surface area contributed by atoms with Crippen LogP contribution in [0.4, 0.5) is 0 Å². The molecular formula is C78H145NO10. The molecule has 7 atom stereocenters. The standard InChI is InChI=1S/C78H145NO10/c1-3-5-7-9-11-13-15-16-17-40-43-46-50-54-58-62-66-74(83)87-67-63-59-55-51-47-44-41-38-36-34-32-30-28-26-24-22-20-18-19-21-23-25-27-29-31-33-35-37-39-42-45-49-53-57-61-65-73(82)79-70(69-88-78-77(86)76(85)75(84)72(68-80)89-78)71(81)64-60-56-52-48-14-12-10-8-6-4-2/h13,15,17,20,22,40,60,64,70-72,75-78,80-81,84-86H,3-12,14,16,18-19,21,23-39,41-59,61-63,65-69H2,1-2H3,(H,79,82)/b15-13-,22-20-,40-17-,64-60+. The van der Waals surface area contributed by atoms with Crippen molar-refractivity contribution in [3.8, 4) is 0 Å². The second kappa shape index (κ2) is 67.1. The van der Waals surface area contributed by atoms with Gasteiger partial charge in [0, 0.05) is 12.8 Å². The number of carbonyl (C=O) groups excluding carboxylic acids is 2. The number of nitrogens with one attached hydrogen (secondary N) is 1. The Morgan fingerprint density at radius 1 is 0.416 bits per heavy atom. The fourth-order valence-corrected chi connectivity index (χ4v) is 12.1. The maximum absolute atomic E-state index is 13.0. The average Bonchev–Trinajstić information content (AvgIpc) is 1.94. The predicted octanol–water partition coefficient (Wildman–Crippen LogP) is 20.3. The highest BCUT2D eigenvalue weighted by Gasteiger charge is 2.44. The zero-order valence-corrected chi connectivity index (χ0v) is 58.2. The molecule has 0 aromatic carbocycles. The van der Waals surface area contributed by atoms with E-state index < -0.39 is 49.5 Å². The van der Waals surface area contributed by atoms with Crippen LogP contribution in [0.1, 0.15) is 373 Å². The molecule has 0 radical (unpaired) electrons. The molecule has 11 nitrogen and oxygen atoms in total. The summed E-state index contributed by atoms with van der Waals surface area (Å²) in [6.07, 6.45) is 78.5. The summed E-state index contributed by atoms with van der Waals surface area (Å²) in [7, 11) is 0. The van der Waals surface area contributed by atoms with Gasteiger partial charge in [0.15, 0.2) is 6.29 Å². The Morgan fingerprint density at radius 2 is 0.753 bits per heavy atom. The number of hydrogen-bond donors (Lipinski definition) is 6. The van der Waals surface area contributed by atoms with Crippen LogP contribution in [0, 0.1) is 0 Å². The van der Waals surface area contributed by atoms with Gasteiger partial charge in [0.25, 0.3) is 0 Å². The molecule has 0 aliphatic carbocycles. The molecule has 1 fully saturated rings. The first kappa shape index (κ1) is 84.6. The maximum Gasteiger partial charge on any atom is 0.305 e. The molecule has 1 rings (SSSR count). The first-order valence-electron chi connectivity index (χ1n) is 38.4. The fourth-order valence-electron chi connectivity index (χ4n) is 12.1. The van der Waals surface area contributed by atoms with Gasteiger partial charge in [0.1, 0.15) is 24.4 Å². The number of allylic oxidation sites excluding steroid dienone is 7. The van der Waals surface area contributed by atoms with Crippen LogP contribution in [0.15, 0.2) is 48.6 Å². The van der Waals surface area contributed by atoms with Crippen molar-refractivity contribution >= 4 is 11.9 Å². The fraction of sp³-hybridized carbons (Fsp3) is 0.872. The van der Waals surface area contributed by atoms with E-state index in [0.29, 0.717) is 19.4 Å². The van der Waals surface area contributed by atoms with E-state index in [2.05, 4.69) is 55.6 Å². The smallest absolute Gasteiger partial charge is 0.305 e. The number of hydrogen-bond acceptors (Lipinski definition) is 10. The minimum Gasteiger partial charge on any atom is -0.466 e. The summed E-state index contributed by atoms with van der Waals surface area (Å²) in [6, 6.07) is -0.807. The number of amides is 1. The van der Waals surface area contributed by atoms with Crippen LogP contribution in [0.3, 0.4) is 0 Å². The third-order valence-corrected chi connectivity index (χ3v) is 18.2. The van der Waals surface area contributed by atoms with Gasteiger partial charge in [-0.2, -0.15) is 0 Å². The molecule has 1 saturated heterocycles. The molecule has 7 unspecified atom stereocenters. The molecule has 1 aliphatic heterocycles. The van der Waals surface area contributed by atoms with E-state index in [9.17, 15) is 35.1 Å². The highest BCUT2D eigenvalue weighted by Crippen LogP contribution is 2.23. The van der Waals surface area contributed by atoms with Crippen molar-refractivity contribution in [3.63, 3.8) is 0 Å². The van der Waals surface area contributed by atoms with Crippen molar-refractivity contribution < 1.29 is 49.3 Å². The predicted molar refractivity (Wildman–Crippen MR) is 375 cm³/mol. The third-order valence-electron chi connectivity index (χ3n) is 18.2. The number of esters is 1. The van der Waals surface area contributed by atoms with E-state index in [1.807, 2.05) is 6.08 Å². The van der Waals surface area contributed by atoms with Crippen LogP contribution in [-0.4, -0.2) is 100 Å². The molecule has 89 heavy (non-hydrogen) atoms. The molecule has 522 valence electrons. The molecule has 0 saturated carbocycles. The number of carbonyl (C=O) groups is 2. The number of unbranched alkanes of at least 4 members (excludes halogenated alkanes) is 48. The minimum absolute atomic E-state index is 0.000209. The molecule has 1 heterocycles. The first-order valence-corrected chi connectivity index (χ1v) is 38.4. The number of aliphatic hydroxyl groups excluding tert-OH is 5. The third kappa shape index (κ3) is 55.8. The quantitative estimate of drug-likeness (QED) is 0.0195. The van der Waals surface area contributed by atoms with Gasteiger partial charge in [-0.3, -0.25) is 9.59 Å². The van der Waals surface area contributed by atoms with E-state index in [-0.39, 0.29) is 18.5 Å². The molecule has 11 heteroatoms. The lowest BCUT2D eigenvalue weighted by atomic mass is 9.99. The van der Waals surface area contributed by atoms with Gasteiger partial charge in [-0.1, -0.05) is 319 Å². The lowest BCUT2D eigenvalue weighted by Crippen LogP contribution is -2.60. The Balaban J connectivity index is 1.88. The summed E-state index contributed by atoms with van der Waals surface area (Å²) in [6.45, 7) is 4.34. The Labute approximate surface area is 548 Å². The molecule has 0 spiro atoms. The second-order valence-corrected chi connectivity index (χ2v) is 26.7. The van der Waals surface area contributed by atoms with Crippen molar-refractivity contribution in [2.45, 2.75) is 416 Å². The van der Waals surface area contributed by atoms with Gasteiger partial charge < -0.3 is 45.1 Å². The summed E-state index contributed by atoms with van der Waals surface area (Å²) in [4.78, 5) is 25.1. The Hall–Kier alpha value is -2.38. The van der Waals surface area contributed by atoms with Crippen molar-refractivity contribution in [2.75, 3.05) is 19.8 Å². The number of aliphatic hydroxyl groups is 5. The molecule has 1 amide bonds. The molecule has 1 aliphatic rings. The summed E-state index contributed by atoms with van der Waals surface area (Å²) < 4.78 is 16.7. The normalized spacial score (nSPS) is 17.9. The minimum atomic E-state index is -1.57. The van der Waals surface area contributed by atoms with E-state index in [0.717, 1.165) is 64.2 Å². The molecule has 6 N–H and O–H groups in total. The highest BCUT2D eigenvalue weighted by atomic mass is 16.7. The average molecular weight is 1260 g/mol. The monoisotopic (exact) mass is 1260 g/mol. The van der Waals surface area contributed by atoms with E-state index >= 15 is 0 Å². The van der Waals surface area contributed by atoms with Crippen molar-refractivity contribution in [2.24, 2.45) is 0 Å². The SMILES string of the molecule is CCCCCC/C=C\C/C=C\CCCCCCCC(=O)OCCCCCCCCCCCCCCCC/C=C\CCCCCCCCCCCCCCCCCCCC(=O)NC(COC1OC(CO)C(O)C(O)C1O)C(O)/C=C/CCCCCCCCCC. The van der Waals surface area contributed by atoms with E-state index in [1.165, 1.54) is 283 Å². The molecule has 0 aromatic heterocycles. The zero-order valence-electron chi connectivity index (χ0n) is 58.2. The molecular weight excluding hydrogens is 1110 g/mol. The summed E-state index contributed by atoms with van der Waals surface area (Å²) in [5.74, 6) is -0.178. The maximum atomic E-state index is 13.0. The largest absolute Gasteiger partial charge is 0.466 e. The number of ether oxygens (including phenoxy) is 3. The molecule has 0 aromatic rings. The first-order chi connectivity index (χ1) is 43.7. The number of rotatable bonds is 68. The van der Waals surface area contributed by atoms with E-state index in [4.69, 9.17) is 14.2 Å². The van der Waals surface area contributed by atoms with Crippen LogP contribution < -0.4 is 5.32 Å². The Bertz CT molecular complexity index is 1620. The van der Waals surface area contributed by atoms with Crippen molar-refractivity contribution in [3.05, 3.63) is 48.6 Å². The highest BCUT2D eigenvalue weighted by molar-refractivity contribution is 5.76. The zero-order chi connectivity index (χ0) is 64.4. The Kier molecular flexibility index (Phi) is 63.8. The van der Waals surface area contributed by atoms with Crippen LogP contribution in [0.2, 0.25) is 0 Å². The lowest BCUT2D eigenvalue weighted by Gasteiger charge is -2.40. The van der Waals surface area contributed by atoms with Crippen LogP contribution in [-0.2, 0) is 23.8 Å². The summed E-state index contributed by atoms with van der Waals surface area (Å²) in [5.41, 5.74) is 0.